The third kappa shape index (κ3) is 1.81. The molecule has 0 saturated heterocycles. The van der Waals surface area contributed by atoms with Gasteiger partial charge in [0, 0.05) is 6.54 Å². The number of hydrogen-bond donors (Lipinski definition) is 1. The van der Waals surface area contributed by atoms with Crippen LogP contribution in [0.5, 0.6) is 0 Å². The third-order valence-corrected chi connectivity index (χ3v) is 0.593. The van der Waals surface area contributed by atoms with Crippen molar-refractivity contribution in [2.45, 2.75) is 0 Å². The number of nitrogens with two attached hydrogens (primary N) is 1. The van der Waals surface area contributed by atoms with Crippen LogP contribution in [-0.2, 0) is 0 Å². The molecular formula is C5H6N2. The Balaban J connectivity index is 3.50. The SMILES string of the molecule is C#CC(C#N)CN. The van der Waals surface area contributed by atoms with E-state index in [2.05, 4.69) is 5.92 Å². The third-order valence-electron chi connectivity index (χ3n) is 0.593. The van der Waals surface area contributed by atoms with Gasteiger partial charge in [-0.25, -0.2) is 0 Å². The molecule has 7 heavy (non-hydrogen) atoms. The Kier molecular flexibility index (Phi) is 2.76. The summed E-state index contributed by atoms with van der Waals surface area (Å²) in [6, 6.07) is 1.84. The molecule has 0 saturated carbocycles. The second-order valence-corrected chi connectivity index (χ2v) is 1.08. The lowest BCUT2D eigenvalue weighted by molar-refractivity contribution is 0.863. The largest absolute Gasteiger partial charge is 0.328 e. The minimum absolute atomic E-state index is 0.257. The molecule has 0 aromatic rings. The van der Waals surface area contributed by atoms with E-state index in [1.165, 1.54) is 0 Å². The van der Waals surface area contributed by atoms with E-state index in [4.69, 9.17) is 17.4 Å². The fourth-order valence-corrected chi connectivity index (χ4v) is 0.158. The molecule has 36 valence electrons. The standard InChI is InChI=1S/C5H6N2/c1-2-5(3-6)4-7/h1,5H,3,6H2. The number of rotatable bonds is 1. The Morgan fingerprint density at radius 2 is 2.43 bits per heavy atom. The monoisotopic (exact) mass is 94.1 g/mol. The molecule has 0 aromatic heterocycles. The second-order valence-electron chi connectivity index (χ2n) is 1.08. The van der Waals surface area contributed by atoms with Crippen molar-refractivity contribution in [1.82, 2.24) is 0 Å². The highest BCUT2D eigenvalue weighted by Gasteiger charge is 1.93. The average Bonchev–Trinajstić information content (AvgIpc) is 1.72. The first-order valence-corrected chi connectivity index (χ1v) is 1.91. The van der Waals surface area contributed by atoms with Crippen LogP contribution >= 0.6 is 0 Å². The highest BCUT2D eigenvalue weighted by Crippen LogP contribution is 1.82. The van der Waals surface area contributed by atoms with E-state index in [1.54, 1.807) is 0 Å². The summed E-state index contributed by atoms with van der Waals surface area (Å²) in [4.78, 5) is 0. The van der Waals surface area contributed by atoms with Crippen LogP contribution in [0.4, 0.5) is 0 Å². The van der Waals surface area contributed by atoms with Crippen molar-refractivity contribution in [2.24, 2.45) is 11.7 Å². The summed E-state index contributed by atoms with van der Waals surface area (Å²) in [6.45, 7) is 0.257. The fourth-order valence-electron chi connectivity index (χ4n) is 0.158. The molecule has 0 aromatic carbocycles. The molecule has 0 spiro atoms. The highest BCUT2D eigenvalue weighted by molar-refractivity contribution is 5.05. The lowest BCUT2D eigenvalue weighted by Gasteiger charge is -1.87. The van der Waals surface area contributed by atoms with E-state index < -0.39 is 5.92 Å². The molecule has 1 atom stereocenters. The molecular weight excluding hydrogens is 88.1 g/mol. The maximum atomic E-state index is 8.05. The van der Waals surface area contributed by atoms with Gasteiger partial charge in [0.2, 0.25) is 0 Å². The lowest BCUT2D eigenvalue weighted by atomic mass is 10.2. The van der Waals surface area contributed by atoms with Crippen molar-refractivity contribution < 1.29 is 0 Å². The van der Waals surface area contributed by atoms with Crippen LogP contribution < -0.4 is 5.73 Å². The first kappa shape index (κ1) is 6.01. The highest BCUT2D eigenvalue weighted by atomic mass is 14.5. The van der Waals surface area contributed by atoms with Gasteiger partial charge in [0.1, 0.15) is 5.92 Å². The van der Waals surface area contributed by atoms with Crippen molar-refractivity contribution in [2.75, 3.05) is 6.54 Å². The quantitative estimate of drug-likeness (QED) is 0.454. The van der Waals surface area contributed by atoms with Gasteiger partial charge in [-0.1, -0.05) is 5.92 Å². The molecule has 0 aliphatic rings. The Bertz CT molecular complexity index is 101. The molecule has 0 aliphatic heterocycles. The number of terminal acetylenes is 1. The topological polar surface area (TPSA) is 49.8 Å². The summed E-state index contributed by atoms with van der Waals surface area (Å²) in [5.74, 6) is 1.81. The molecule has 0 bridgehead atoms. The van der Waals surface area contributed by atoms with Gasteiger partial charge in [-0.3, -0.25) is 0 Å². The molecule has 0 radical (unpaired) electrons. The predicted octanol–water partition coefficient (Wildman–Crippen LogP) is -0.282. The molecule has 2 heteroatoms. The van der Waals surface area contributed by atoms with Gasteiger partial charge in [-0.2, -0.15) is 5.26 Å². The van der Waals surface area contributed by atoms with Crippen molar-refractivity contribution in [1.29, 1.82) is 5.26 Å². The van der Waals surface area contributed by atoms with Gasteiger partial charge in [-0.05, 0) is 0 Å². The average molecular weight is 94.1 g/mol. The van der Waals surface area contributed by atoms with Crippen molar-refractivity contribution in [3.8, 4) is 18.4 Å². The predicted molar refractivity (Wildman–Crippen MR) is 27.0 cm³/mol. The number of nitrogens with zero attached hydrogens (tertiary/aromatic N) is 1. The van der Waals surface area contributed by atoms with Crippen LogP contribution in [0.2, 0.25) is 0 Å². The molecule has 1 unspecified atom stereocenters. The molecule has 0 fully saturated rings. The van der Waals surface area contributed by atoms with Crippen molar-refractivity contribution in [3.63, 3.8) is 0 Å². The van der Waals surface area contributed by atoms with Gasteiger partial charge < -0.3 is 5.73 Å². The van der Waals surface area contributed by atoms with Crippen LogP contribution in [0, 0.1) is 29.6 Å². The van der Waals surface area contributed by atoms with Crippen LogP contribution in [-0.4, -0.2) is 6.54 Å². The number of nitriles is 1. The van der Waals surface area contributed by atoms with Crippen LogP contribution in [0.15, 0.2) is 0 Å². The van der Waals surface area contributed by atoms with E-state index in [9.17, 15) is 0 Å². The lowest BCUT2D eigenvalue weighted by Crippen LogP contribution is -2.09. The van der Waals surface area contributed by atoms with Gasteiger partial charge in [-0.15, -0.1) is 6.42 Å². The van der Waals surface area contributed by atoms with Crippen LogP contribution in [0.25, 0.3) is 0 Å². The molecule has 2 N–H and O–H groups in total. The minimum atomic E-state index is -0.403. The first-order valence-electron chi connectivity index (χ1n) is 1.91. The van der Waals surface area contributed by atoms with Gasteiger partial charge in [0.05, 0.1) is 6.07 Å². The fraction of sp³-hybridized carbons (Fsp3) is 0.400. The van der Waals surface area contributed by atoms with E-state index >= 15 is 0 Å². The van der Waals surface area contributed by atoms with Gasteiger partial charge in [0.25, 0.3) is 0 Å². The summed E-state index contributed by atoms with van der Waals surface area (Å²) in [5.41, 5.74) is 5.03. The zero-order valence-corrected chi connectivity index (χ0v) is 3.89. The smallest absolute Gasteiger partial charge is 0.119 e. The normalized spacial score (nSPS) is 11.3. The Morgan fingerprint density at radius 1 is 1.86 bits per heavy atom. The summed E-state index contributed by atoms with van der Waals surface area (Å²) in [7, 11) is 0. The van der Waals surface area contributed by atoms with E-state index in [0.717, 1.165) is 0 Å². The van der Waals surface area contributed by atoms with Gasteiger partial charge >= 0.3 is 0 Å². The molecule has 2 nitrogen and oxygen atoms in total. The van der Waals surface area contributed by atoms with E-state index in [1.807, 2.05) is 6.07 Å². The van der Waals surface area contributed by atoms with Crippen LogP contribution in [0.3, 0.4) is 0 Å². The first-order chi connectivity index (χ1) is 3.35. The number of hydrogen-bond acceptors (Lipinski definition) is 2. The zero-order valence-electron chi connectivity index (χ0n) is 3.89. The Labute approximate surface area is 42.9 Å². The zero-order chi connectivity index (χ0) is 5.70. The summed E-state index contributed by atoms with van der Waals surface area (Å²) in [6.07, 6.45) is 4.84. The molecule has 0 heterocycles. The summed E-state index contributed by atoms with van der Waals surface area (Å²) >= 11 is 0. The molecule has 0 aliphatic carbocycles. The second kappa shape index (κ2) is 3.21. The van der Waals surface area contributed by atoms with Crippen LogP contribution in [0.1, 0.15) is 0 Å². The Hall–Kier alpha value is -0.990. The van der Waals surface area contributed by atoms with E-state index in [-0.39, 0.29) is 6.54 Å². The van der Waals surface area contributed by atoms with Crippen molar-refractivity contribution in [3.05, 3.63) is 0 Å². The maximum Gasteiger partial charge on any atom is 0.119 e. The molecule has 0 rings (SSSR count). The van der Waals surface area contributed by atoms with Crippen molar-refractivity contribution >= 4 is 0 Å². The Morgan fingerprint density at radius 3 is 2.43 bits per heavy atom. The summed E-state index contributed by atoms with van der Waals surface area (Å²) in [5, 5.41) is 8.05. The maximum absolute atomic E-state index is 8.05. The minimum Gasteiger partial charge on any atom is -0.328 e. The van der Waals surface area contributed by atoms with Gasteiger partial charge in [0.15, 0.2) is 0 Å². The molecule has 0 amide bonds. The van der Waals surface area contributed by atoms with E-state index in [0.29, 0.717) is 0 Å². The summed E-state index contributed by atoms with van der Waals surface area (Å²) < 4.78 is 0.